The van der Waals surface area contributed by atoms with Gasteiger partial charge in [0, 0.05) is 0 Å². The second-order valence-electron chi connectivity index (χ2n) is 5.51. The summed E-state index contributed by atoms with van der Waals surface area (Å²) in [6, 6.07) is 11.6. The van der Waals surface area contributed by atoms with Crippen LogP contribution in [-0.2, 0) is 4.79 Å². The molecule has 1 saturated heterocycles. The van der Waals surface area contributed by atoms with Gasteiger partial charge in [-0.05, 0) is 48.0 Å². The van der Waals surface area contributed by atoms with Crippen LogP contribution in [0.25, 0.3) is 0 Å². The van der Waals surface area contributed by atoms with E-state index >= 15 is 0 Å². The first-order chi connectivity index (χ1) is 13.6. The van der Waals surface area contributed by atoms with Crippen LogP contribution in [0.4, 0.5) is 0 Å². The number of amidine groups is 1. The molecule has 0 unspecified atom stereocenters. The van der Waals surface area contributed by atoms with E-state index in [0.717, 1.165) is 0 Å². The second kappa shape index (κ2) is 9.05. The van der Waals surface area contributed by atoms with E-state index in [4.69, 9.17) is 14.2 Å². The predicted molar refractivity (Wildman–Crippen MR) is 107 cm³/mol. The van der Waals surface area contributed by atoms with E-state index in [1.54, 1.807) is 49.6 Å². The monoisotopic (exact) mass is 399 g/mol. The third kappa shape index (κ3) is 4.89. The summed E-state index contributed by atoms with van der Waals surface area (Å²) in [6.07, 6.45) is 1.51. The molecule has 1 N–H and O–H groups in total. The van der Waals surface area contributed by atoms with E-state index in [9.17, 15) is 9.59 Å². The Morgan fingerprint density at radius 2 is 1.89 bits per heavy atom. The maximum absolute atomic E-state index is 12.3. The first-order valence-corrected chi connectivity index (χ1v) is 9.15. The molecule has 2 aromatic rings. The molecule has 2 aromatic carbocycles. The molecule has 0 spiro atoms. The number of amides is 1. The van der Waals surface area contributed by atoms with Gasteiger partial charge in [0.1, 0.15) is 5.75 Å². The minimum absolute atomic E-state index is 0.0938. The second-order valence-corrected chi connectivity index (χ2v) is 6.48. The molecule has 1 amide bonds. The van der Waals surface area contributed by atoms with Gasteiger partial charge in [-0.1, -0.05) is 11.8 Å². The maximum Gasteiger partial charge on any atom is 0.343 e. The molecule has 0 atom stereocenters. The average Bonchev–Trinajstić information content (AvgIpc) is 3.14. The highest BCUT2D eigenvalue weighted by Crippen LogP contribution is 2.28. The molecule has 0 saturated carbocycles. The molecule has 0 radical (unpaired) electrons. The Morgan fingerprint density at radius 1 is 1.11 bits per heavy atom. The number of nitrogens with zero attached hydrogens (tertiary/aromatic N) is 2. The molecule has 8 nitrogen and oxygen atoms in total. The number of nitrogens with one attached hydrogen (secondary N) is 1. The molecule has 1 aliphatic rings. The largest absolute Gasteiger partial charge is 0.497 e. The Labute approximate surface area is 165 Å². The van der Waals surface area contributed by atoms with Crippen LogP contribution in [0.3, 0.4) is 0 Å². The summed E-state index contributed by atoms with van der Waals surface area (Å²) in [5.74, 6) is 1.05. The standard InChI is InChI=1S/C19H17N3O5S/c1-25-14-6-4-13(5-7-14)18(24)27-15-8-3-12(9-16(15)26-2)10-20-22-19-21-17(23)11-28-19/h3-10H,11H2,1-2H3,(H,21,22,23). The fourth-order valence-corrected chi connectivity index (χ4v) is 2.89. The highest BCUT2D eigenvalue weighted by molar-refractivity contribution is 8.15. The van der Waals surface area contributed by atoms with E-state index < -0.39 is 5.97 Å². The summed E-state index contributed by atoms with van der Waals surface area (Å²) < 4.78 is 15.8. The molecule has 1 heterocycles. The van der Waals surface area contributed by atoms with E-state index in [2.05, 4.69) is 15.5 Å². The zero-order valence-electron chi connectivity index (χ0n) is 15.2. The Morgan fingerprint density at radius 3 is 2.54 bits per heavy atom. The average molecular weight is 399 g/mol. The molecular formula is C19H17N3O5S. The molecule has 0 aromatic heterocycles. The van der Waals surface area contributed by atoms with Crippen molar-refractivity contribution in [3.63, 3.8) is 0 Å². The summed E-state index contributed by atoms with van der Waals surface area (Å²) in [5, 5.41) is 10.9. The van der Waals surface area contributed by atoms with Crippen LogP contribution in [-0.4, -0.2) is 43.2 Å². The Bertz CT molecular complexity index is 941. The van der Waals surface area contributed by atoms with Crippen molar-refractivity contribution in [2.24, 2.45) is 10.2 Å². The van der Waals surface area contributed by atoms with Gasteiger partial charge in [0.05, 0.1) is 31.8 Å². The van der Waals surface area contributed by atoms with Gasteiger partial charge in [0.15, 0.2) is 16.7 Å². The van der Waals surface area contributed by atoms with Gasteiger partial charge < -0.3 is 19.5 Å². The van der Waals surface area contributed by atoms with Crippen LogP contribution in [0.2, 0.25) is 0 Å². The van der Waals surface area contributed by atoms with Crippen LogP contribution in [0.1, 0.15) is 15.9 Å². The molecule has 0 bridgehead atoms. The van der Waals surface area contributed by atoms with Crippen LogP contribution in [0, 0.1) is 0 Å². The normalized spacial score (nSPS) is 14.9. The zero-order valence-corrected chi connectivity index (χ0v) is 16.0. The van der Waals surface area contributed by atoms with Crippen LogP contribution >= 0.6 is 11.8 Å². The number of thioether (sulfide) groups is 1. The van der Waals surface area contributed by atoms with Crippen LogP contribution in [0.5, 0.6) is 17.2 Å². The molecular weight excluding hydrogens is 382 g/mol. The molecule has 28 heavy (non-hydrogen) atoms. The van der Waals surface area contributed by atoms with Crippen molar-refractivity contribution >= 4 is 35.0 Å². The minimum atomic E-state index is -0.511. The summed E-state index contributed by atoms with van der Waals surface area (Å²) in [6.45, 7) is 0. The lowest BCUT2D eigenvalue weighted by atomic mass is 10.2. The first-order valence-electron chi connectivity index (χ1n) is 8.17. The summed E-state index contributed by atoms with van der Waals surface area (Å²) >= 11 is 1.29. The number of ether oxygens (including phenoxy) is 3. The Balaban J connectivity index is 1.70. The fraction of sp³-hybridized carbons (Fsp3) is 0.158. The SMILES string of the molecule is COc1ccc(C(=O)Oc2ccc(C=N/N=C3/NC(=O)CS3)cc2OC)cc1. The summed E-state index contributed by atoms with van der Waals surface area (Å²) in [4.78, 5) is 23.4. The lowest BCUT2D eigenvalue weighted by Crippen LogP contribution is -2.19. The Kier molecular flexibility index (Phi) is 6.28. The van der Waals surface area contributed by atoms with Crippen LogP contribution < -0.4 is 19.5 Å². The molecule has 1 fully saturated rings. The highest BCUT2D eigenvalue weighted by atomic mass is 32.2. The van der Waals surface area contributed by atoms with E-state index in [-0.39, 0.29) is 11.7 Å². The number of methoxy groups -OCH3 is 2. The minimum Gasteiger partial charge on any atom is -0.497 e. The molecule has 0 aliphatic carbocycles. The number of benzene rings is 2. The van der Waals surface area contributed by atoms with Crippen LogP contribution in [0.15, 0.2) is 52.7 Å². The maximum atomic E-state index is 12.3. The van der Waals surface area contributed by atoms with Gasteiger partial charge in [-0.2, -0.15) is 5.10 Å². The summed E-state index contributed by atoms with van der Waals surface area (Å²) in [7, 11) is 3.03. The lowest BCUT2D eigenvalue weighted by molar-refractivity contribution is -0.116. The van der Waals surface area contributed by atoms with Crippen molar-refractivity contribution in [1.29, 1.82) is 0 Å². The van der Waals surface area contributed by atoms with Crippen molar-refractivity contribution in [2.75, 3.05) is 20.0 Å². The molecule has 9 heteroatoms. The number of hydrogen-bond donors (Lipinski definition) is 1. The third-order valence-electron chi connectivity index (χ3n) is 3.66. The van der Waals surface area contributed by atoms with Gasteiger partial charge in [-0.15, -0.1) is 5.10 Å². The number of hydrogen-bond acceptors (Lipinski definition) is 8. The van der Waals surface area contributed by atoms with Crippen molar-refractivity contribution in [2.45, 2.75) is 0 Å². The van der Waals surface area contributed by atoms with Gasteiger partial charge in [0.2, 0.25) is 5.91 Å². The number of carbonyl (C=O) groups is 2. The number of rotatable bonds is 6. The van der Waals surface area contributed by atoms with Crippen molar-refractivity contribution < 1.29 is 23.8 Å². The molecule has 3 rings (SSSR count). The van der Waals surface area contributed by atoms with Crippen molar-refractivity contribution in [1.82, 2.24) is 5.32 Å². The molecule has 1 aliphatic heterocycles. The van der Waals surface area contributed by atoms with E-state index in [1.807, 2.05) is 0 Å². The third-order valence-corrected chi connectivity index (χ3v) is 4.52. The topological polar surface area (TPSA) is 98.6 Å². The van der Waals surface area contributed by atoms with Crippen molar-refractivity contribution in [3.8, 4) is 17.2 Å². The zero-order chi connectivity index (χ0) is 19.9. The fourth-order valence-electron chi connectivity index (χ4n) is 2.26. The van der Waals surface area contributed by atoms with E-state index in [1.165, 1.54) is 25.1 Å². The summed E-state index contributed by atoms with van der Waals surface area (Å²) in [5.41, 5.74) is 1.08. The van der Waals surface area contributed by atoms with Gasteiger partial charge >= 0.3 is 5.97 Å². The first kappa shape index (κ1) is 19.4. The van der Waals surface area contributed by atoms with E-state index in [0.29, 0.717) is 33.5 Å². The number of carbonyl (C=O) groups excluding carboxylic acids is 2. The quantitative estimate of drug-likeness (QED) is 0.347. The predicted octanol–water partition coefficient (Wildman–Crippen LogP) is 2.48. The van der Waals surface area contributed by atoms with Crippen molar-refractivity contribution in [3.05, 3.63) is 53.6 Å². The smallest absolute Gasteiger partial charge is 0.343 e. The lowest BCUT2D eigenvalue weighted by Gasteiger charge is -2.10. The Hall–Kier alpha value is -3.33. The highest BCUT2D eigenvalue weighted by Gasteiger charge is 2.16. The number of esters is 1. The van der Waals surface area contributed by atoms with Gasteiger partial charge in [-0.25, -0.2) is 4.79 Å². The van der Waals surface area contributed by atoms with Gasteiger partial charge in [-0.3, -0.25) is 4.79 Å². The molecule has 144 valence electrons. The van der Waals surface area contributed by atoms with Gasteiger partial charge in [0.25, 0.3) is 0 Å².